The van der Waals surface area contributed by atoms with Crippen LogP contribution in [0.25, 0.3) is 10.8 Å². The molecule has 2 amide bonds. The molecule has 3 aromatic carbocycles. The van der Waals surface area contributed by atoms with Crippen molar-refractivity contribution < 1.29 is 19.1 Å². The normalized spacial score (nSPS) is 13.9. The number of anilines is 2. The van der Waals surface area contributed by atoms with Crippen LogP contribution in [0.1, 0.15) is 10.4 Å². The van der Waals surface area contributed by atoms with Crippen LogP contribution in [-0.2, 0) is 14.3 Å². The Balaban J connectivity index is 1.70. The number of carbonyl (C=O) groups is 3. The average Bonchev–Trinajstić information content (AvgIpc) is 2.96. The summed E-state index contributed by atoms with van der Waals surface area (Å²) in [7, 11) is 1.28. The molecule has 0 bridgehead atoms. The van der Waals surface area contributed by atoms with Crippen LogP contribution in [0.3, 0.4) is 0 Å². The lowest BCUT2D eigenvalue weighted by molar-refractivity contribution is -0.120. The molecule has 3 aromatic rings. The third-order valence-electron chi connectivity index (χ3n) is 4.59. The van der Waals surface area contributed by atoms with E-state index >= 15 is 0 Å². The molecule has 144 valence electrons. The molecule has 0 saturated carbocycles. The Morgan fingerprint density at radius 2 is 1.69 bits per heavy atom. The fourth-order valence-electron chi connectivity index (χ4n) is 3.22. The van der Waals surface area contributed by atoms with Crippen LogP contribution in [-0.4, -0.2) is 24.9 Å². The van der Waals surface area contributed by atoms with E-state index in [9.17, 15) is 14.4 Å². The molecular weight excluding hydrogens is 392 g/mol. The first kappa shape index (κ1) is 18.7. The van der Waals surface area contributed by atoms with Crippen molar-refractivity contribution in [3.63, 3.8) is 0 Å². The number of hydrogen-bond donors (Lipinski definition) is 1. The summed E-state index contributed by atoms with van der Waals surface area (Å²) in [5.41, 5.74) is 1.14. The number of imide groups is 1. The van der Waals surface area contributed by atoms with Crippen LogP contribution >= 0.6 is 11.6 Å². The number of amides is 2. The van der Waals surface area contributed by atoms with E-state index in [1.807, 2.05) is 30.3 Å². The van der Waals surface area contributed by atoms with Gasteiger partial charge in [-0.1, -0.05) is 54.1 Å². The van der Waals surface area contributed by atoms with Gasteiger partial charge in [-0.15, -0.1) is 0 Å². The van der Waals surface area contributed by atoms with Crippen LogP contribution in [0.2, 0.25) is 0 Å². The van der Waals surface area contributed by atoms with Crippen molar-refractivity contribution in [3.8, 4) is 0 Å². The smallest absolute Gasteiger partial charge is 0.337 e. The zero-order chi connectivity index (χ0) is 20.5. The minimum atomic E-state index is -0.611. The number of methoxy groups -OCH3 is 1. The maximum absolute atomic E-state index is 13.1. The number of esters is 1. The number of hydrogen-bond acceptors (Lipinski definition) is 5. The monoisotopic (exact) mass is 406 g/mol. The first-order chi connectivity index (χ1) is 14.0. The molecule has 7 heteroatoms. The van der Waals surface area contributed by atoms with Gasteiger partial charge in [0, 0.05) is 11.1 Å². The van der Waals surface area contributed by atoms with Crippen molar-refractivity contribution >= 4 is 51.5 Å². The Morgan fingerprint density at radius 3 is 2.48 bits per heavy atom. The quantitative estimate of drug-likeness (QED) is 0.522. The van der Waals surface area contributed by atoms with Crippen LogP contribution in [0.5, 0.6) is 0 Å². The number of halogens is 1. The molecule has 0 fully saturated rings. The molecule has 0 aliphatic carbocycles. The molecule has 0 unspecified atom stereocenters. The Bertz CT molecular complexity index is 1200. The highest BCUT2D eigenvalue weighted by molar-refractivity contribution is 6.53. The highest BCUT2D eigenvalue weighted by Gasteiger charge is 2.39. The van der Waals surface area contributed by atoms with Gasteiger partial charge in [0.25, 0.3) is 11.8 Å². The molecule has 6 nitrogen and oxygen atoms in total. The third-order valence-corrected chi connectivity index (χ3v) is 4.94. The minimum Gasteiger partial charge on any atom is -0.465 e. The lowest BCUT2D eigenvalue weighted by atomic mass is 10.1. The van der Waals surface area contributed by atoms with Crippen molar-refractivity contribution in [1.29, 1.82) is 0 Å². The zero-order valence-corrected chi connectivity index (χ0v) is 16.1. The van der Waals surface area contributed by atoms with E-state index in [1.54, 1.807) is 30.3 Å². The summed E-state index contributed by atoms with van der Waals surface area (Å²) >= 11 is 6.21. The second kappa shape index (κ2) is 7.41. The molecule has 0 radical (unpaired) electrons. The largest absolute Gasteiger partial charge is 0.465 e. The highest BCUT2D eigenvalue weighted by Crippen LogP contribution is 2.34. The maximum Gasteiger partial charge on any atom is 0.337 e. The molecule has 4 rings (SSSR count). The molecule has 1 aliphatic rings. The maximum atomic E-state index is 13.1. The van der Waals surface area contributed by atoms with Crippen molar-refractivity contribution in [1.82, 2.24) is 0 Å². The predicted molar refractivity (Wildman–Crippen MR) is 111 cm³/mol. The SMILES string of the molecule is COC(=O)c1cccc(NC2=C(Cl)C(=O)N(c3cccc4ccccc34)C2=O)c1. The van der Waals surface area contributed by atoms with Crippen LogP contribution in [0.15, 0.2) is 77.5 Å². The lowest BCUT2D eigenvalue weighted by Gasteiger charge is -2.17. The van der Waals surface area contributed by atoms with Crippen molar-refractivity contribution in [2.75, 3.05) is 17.3 Å². The Kier molecular flexibility index (Phi) is 4.78. The van der Waals surface area contributed by atoms with Gasteiger partial charge in [0.1, 0.15) is 10.7 Å². The van der Waals surface area contributed by atoms with Gasteiger partial charge in [-0.3, -0.25) is 9.59 Å². The standard InChI is InChI=1S/C22H15ClN2O4/c1-29-22(28)14-8-4-9-15(12-14)24-19-18(23)20(26)25(21(19)27)17-11-5-7-13-6-2-3-10-16(13)17/h2-12,24H,1H3. The molecular formula is C22H15ClN2O4. The number of nitrogens with zero attached hydrogens (tertiary/aromatic N) is 1. The molecule has 1 heterocycles. The Hall–Kier alpha value is -3.64. The van der Waals surface area contributed by atoms with Crippen LogP contribution < -0.4 is 10.2 Å². The lowest BCUT2D eigenvalue weighted by Crippen LogP contribution is -2.32. The van der Waals surface area contributed by atoms with Gasteiger partial charge < -0.3 is 10.1 Å². The Labute approximate surface area is 171 Å². The fraction of sp³-hybridized carbons (Fsp3) is 0.0455. The summed E-state index contributed by atoms with van der Waals surface area (Å²) in [4.78, 5) is 38.6. The highest BCUT2D eigenvalue weighted by atomic mass is 35.5. The summed E-state index contributed by atoms with van der Waals surface area (Å²) in [5, 5.41) is 4.31. The number of ether oxygens (including phenoxy) is 1. The summed E-state index contributed by atoms with van der Waals surface area (Å²) in [5.74, 6) is -1.70. The second-order valence-corrected chi connectivity index (χ2v) is 6.71. The molecule has 0 saturated heterocycles. The second-order valence-electron chi connectivity index (χ2n) is 6.33. The van der Waals surface area contributed by atoms with Gasteiger partial charge in [-0.25, -0.2) is 9.69 Å². The predicted octanol–water partition coefficient (Wildman–Crippen LogP) is 4.06. The van der Waals surface area contributed by atoms with Crippen LogP contribution in [0, 0.1) is 0 Å². The molecule has 0 aromatic heterocycles. The van der Waals surface area contributed by atoms with E-state index in [-0.39, 0.29) is 10.7 Å². The molecule has 29 heavy (non-hydrogen) atoms. The van der Waals surface area contributed by atoms with E-state index in [0.717, 1.165) is 15.7 Å². The van der Waals surface area contributed by atoms with Crippen molar-refractivity contribution in [2.24, 2.45) is 0 Å². The van der Waals surface area contributed by atoms with Crippen molar-refractivity contribution in [3.05, 3.63) is 83.0 Å². The fourth-order valence-corrected chi connectivity index (χ4v) is 3.43. The third kappa shape index (κ3) is 3.23. The molecule has 0 spiro atoms. The number of rotatable bonds is 4. The number of nitrogens with one attached hydrogen (secondary N) is 1. The van der Waals surface area contributed by atoms with E-state index in [2.05, 4.69) is 5.32 Å². The molecule has 0 atom stereocenters. The first-order valence-corrected chi connectivity index (χ1v) is 9.11. The first-order valence-electron chi connectivity index (χ1n) is 8.73. The van der Waals surface area contributed by atoms with Crippen LogP contribution in [0.4, 0.5) is 11.4 Å². The summed E-state index contributed by atoms with van der Waals surface area (Å²) < 4.78 is 4.70. The van der Waals surface area contributed by atoms with Gasteiger partial charge >= 0.3 is 5.97 Å². The van der Waals surface area contributed by atoms with E-state index in [1.165, 1.54) is 13.2 Å². The number of carbonyl (C=O) groups excluding carboxylic acids is 3. The molecule has 1 aliphatic heterocycles. The zero-order valence-electron chi connectivity index (χ0n) is 15.3. The topological polar surface area (TPSA) is 75.7 Å². The summed E-state index contributed by atoms with van der Waals surface area (Å²) in [6.45, 7) is 0. The number of fused-ring (bicyclic) bond motifs is 1. The van der Waals surface area contributed by atoms with Gasteiger partial charge in [0.2, 0.25) is 0 Å². The van der Waals surface area contributed by atoms with E-state index in [4.69, 9.17) is 16.3 Å². The van der Waals surface area contributed by atoms with E-state index < -0.39 is 17.8 Å². The Morgan fingerprint density at radius 1 is 0.966 bits per heavy atom. The summed E-state index contributed by atoms with van der Waals surface area (Å²) in [6.07, 6.45) is 0. The molecule has 1 N–H and O–H groups in total. The number of benzene rings is 3. The van der Waals surface area contributed by atoms with Crippen molar-refractivity contribution in [2.45, 2.75) is 0 Å². The average molecular weight is 407 g/mol. The minimum absolute atomic E-state index is 0.0494. The summed E-state index contributed by atoms with van der Waals surface area (Å²) in [6, 6.07) is 19.2. The van der Waals surface area contributed by atoms with Gasteiger partial charge in [0.15, 0.2) is 0 Å². The van der Waals surface area contributed by atoms with Gasteiger partial charge in [0.05, 0.1) is 18.4 Å². The van der Waals surface area contributed by atoms with Gasteiger partial charge in [-0.2, -0.15) is 0 Å². The van der Waals surface area contributed by atoms with E-state index in [0.29, 0.717) is 16.9 Å². The van der Waals surface area contributed by atoms with Gasteiger partial charge in [-0.05, 0) is 29.7 Å².